The molecule has 0 bridgehead atoms. The minimum atomic E-state index is -3.25. The van der Waals surface area contributed by atoms with Gasteiger partial charge in [-0.15, -0.1) is 11.3 Å². The Hall–Kier alpha value is 0.0900. The lowest BCUT2D eigenvalue weighted by Gasteiger charge is -2.29. The third kappa shape index (κ3) is 2.50. The van der Waals surface area contributed by atoms with Crippen LogP contribution in [0.3, 0.4) is 0 Å². The number of sulfonamides is 1. The average molecular weight is 324 g/mol. The molecule has 0 unspecified atom stereocenters. The van der Waals surface area contributed by atoms with E-state index in [-0.39, 0.29) is 0 Å². The standard InChI is InChI=1S/C10H14BrNO2S2/c1-8-3-2-6-12(7-8)16(13,14)10-5-4-9(11)15-10/h4-5,8H,2-3,6-7H2,1H3/t8-/m1/s1. The van der Waals surface area contributed by atoms with Crippen molar-refractivity contribution in [2.45, 2.75) is 24.0 Å². The molecule has 2 heterocycles. The van der Waals surface area contributed by atoms with Gasteiger partial charge in [0.1, 0.15) is 4.21 Å². The van der Waals surface area contributed by atoms with E-state index in [9.17, 15) is 8.42 Å². The van der Waals surface area contributed by atoms with Crippen molar-refractivity contribution >= 4 is 37.3 Å². The number of rotatable bonds is 2. The van der Waals surface area contributed by atoms with Crippen LogP contribution in [0, 0.1) is 5.92 Å². The van der Waals surface area contributed by atoms with Gasteiger partial charge >= 0.3 is 0 Å². The van der Waals surface area contributed by atoms with Crippen LogP contribution in [-0.2, 0) is 10.0 Å². The zero-order valence-electron chi connectivity index (χ0n) is 9.02. The summed E-state index contributed by atoms with van der Waals surface area (Å²) in [6.45, 7) is 3.41. The maximum Gasteiger partial charge on any atom is 0.252 e. The predicted octanol–water partition coefficient (Wildman–Crippen LogP) is 2.93. The first-order chi connectivity index (χ1) is 7.50. The van der Waals surface area contributed by atoms with Crippen LogP contribution in [-0.4, -0.2) is 25.8 Å². The van der Waals surface area contributed by atoms with Gasteiger partial charge in [-0.25, -0.2) is 8.42 Å². The van der Waals surface area contributed by atoms with Crippen molar-refractivity contribution in [3.8, 4) is 0 Å². The summed E-state index contributed by atoms with van der Waals surface area (Å²) >= 11 is 4.57. The molecule has 0 aliphatic carbocycles. The Balaban J connectivity index is 2.25. The summed E-state index contributed by atoms with van der Waals surface area (Å²) in [5.41, 5.74) is 0. The van der Waals surface area contributed by atoms with Gasteiger partial charge in [-0.3, -0.25) is 0 Å². The van der Waals surface area contributed by atoms with E-state index in [0.29, 0.717) is 23.2 Å². The molecule has 0 N–H and O–H groups in total. The normalized spacial score (nSPS) is 23.5. The van der Waals surface area contributed by atoms with Gasteiger partial charge in [0, 0.05) is 13.1 Å². The van der Waals surface area contributed by atoms with Crippen LogP contribution in [0.5, 0.6) is 0 Å². The molecule has 1 aromatic heterocycles. The quantitative estimate of drug-likeness (QED) is 0.839. The van der Waals surface area contributed by atoms with E-state index in [1.165, 1.54) is 11.3 Å². The van der Waals surface area contributed by atoms with Crippen LogP contribution in [0.2, 0.25) is 0 Å². The number of nitrogens with zero attached hydrogens (tertiary/aromatic N) is 1. The van der Waals surface area contributed by atoms with E-state index < -0.39 is 10.0 Å². The molecule has 1 atom stereocenters. The summed E-state index contributed by atoms with van der Waals surface area (Å²) in [5.74, 6) is 0.465. The van der Waals surface area contributed by atoms with E-state index in [0.717, 1.165) is 16.6 Å². The van der Waals surface area contributed by atoms with Crippen LogP contribution in [0.15, 0.2) is 20.1 Å². The smallest absolute Gasteiger partial charge is 0.206 e. The molecule has 16 heavy (non-hydrogen) atoms. The van der Waals surface area contributed by atoms with Crippen LogP contribution in [0.4, 0.5) is 0 Å². The Morgan fingerprint density at radius 1 is 1.50 bits per heavy atom. The highest BCUT2D eigenvalue weighted by molar-refractivity contribution is 9.11. The maximum absolute atomic E-state index is 12.3. The van der Waals surface area contributed by atoms with Crippen LogP contribution in [0.1, 0.15) is 19.8 Å². The number of hydrogen-bond acceptors (Lipinski definition) is 3. The number of hydrogen-bond donors (Lipinski definition) is 0. The molecule has 3 nitrogen and oxygen atoms in total. The fourth-order valence-electron chi connectivity index (χ4n) is 1.93. The van der Waals surface area contributed by atoms with E-state index >= 15 is 0 Å². The molecule has 1 saturated heterocycles. The summed E-state index contributed by atoms with van der Waals surface area (Å²) in [6.07, 6.45) is 2.09. The lowest BCUT2D eigenvalue weighted by molar-refractivity contribution is 0.281. The maximum atomic E-state index is 12.3. The van der Waals surface area contributed by atoms with Gasteiger partial charge < -0.3 is 0 Å². The molecule has 90 valence electrons. The van der Waals surface area contributed by atoms with E-state index in [2.05, 4.69) is 22.9 Å². The topological polar surface area (TPSA) is 37.4 Å². The average Bonchev–Trinajstić information content (AvgIpc) is 2.65. The van der Waals surface area contributed by atoms with Gasteiger partial charge in [0.05, 0.1) is 3.79 Å². The molecule has 0 amide bonds. The lowest BCUT2D eigenvalue weighted by atomic mass is 10.0. The minimum absolute atomic E-state index is 0.438. The molecule has 1 fully saturated rings. The second kappa shape index (κ2) is 4.76. The molecule has 0 aromatic carbocycles. The summed E-state index contributed by atoms with van der Waals surface area (Å²) in [7, 11) is -3.25. The van der Waals surface area contributed by atoms with Crippen molar-refractivity contribution in [3.63, 3.8) is 0 Å². The lowest BCUT2D eigenvalue weighted by Crippen LogP contribution is -2.38. The molecular formula is C10H14BrNO2S2. The van der Waals surface area contributed by atoms with Crippen LogP contribution >= 0.6 is 27.3 Å². The van der Waals surface area contributed by atoms with Gasteiger partial charge in [0.2, 0.25) is 0 Å². The van der Waals surface area contributed by atoms with Gasteiger partial charge in [-0.2, -0.15) is 4.31 Å². The van der Waals surface area contributed by atoms with Gasteiger partial charge in [-0.05, 0) is 46.8 Å². The van der Waals surface area contributed by atoms with Crippen molar-refractivity contribution in [2.24, 2.45) is 5.92 Å². The van der Waals surface area contributed by atoms with Crippen LogP contribution < -0.4 is 0 Å². The highest BCUT2D eigenvalue weighted by Gasteiger charge is 2.29. The molecule has 1 aliphatic heterocycles. The Morgan fingerprint density at radius 3 is 2.81 bits per heavy atom. The molecule has 1 aromatic rings. The fourth-order valence-corrected chi connectivity index (χ4v) is 5.69. The first kappa shape index (κ1) is 12.5. The van der Waals surface area contributed by atoms with E-state index in [4.69, 9.17) is 0 Å². The summed E-state index contributed by atoms with van der Waals surface area (Å²) < 4.78 is 27.4. The summed E-state index contributed by atoms with van der Waals surface area (Å²) in [6, 6.07) is 3.45. The van der Waals surface area contributed by atoms with Gasteiger partial charge in [-0.1, -0.05) is 6.92 Å². The zero-order chi connectivity index (χ0) is 11.8. The third-order valence-corrected chi connectivity index (χ3v) is 6.72. The Kier molecular flexibility index (Phi) is 3.73. The number of thiophene rings is 1. The first-order valence-electron chi connectivity index (χ1n) is 5.25. The first-order valence-corrected chi connectivity index (χ1v) is 8.30. The molecule has 6 heteroatoms. The molecule has 0 saturated carbocycles. The summed E-state index contributed by atoms with van der Waals surface area (Å²) in [4.78, 5) is 0. The monoisotopic (exact) mass is 323 g/mol. The van der Waals surface area contributed by atoms with Crippen LogP contribution in [0.25, 0.3) is 0 Å². The van der Waals surface area contributed by atoms with Crippen molar-refractivity contribution in [2.75, 3.05) is 13.1 Å². The zero-order valence-corrected chi connectivity index (χ0v) is 12.2. The summed E-state index contributed by atoms with van der Waals surface area (Å²) in [5, 5.41) is 0. The Bertz CT molecular complexity index is 469. The molecule has 1 aliphatic rings. The van der Waals surface area contributed by atoms with E-state index in [1.807, 2.05) is 0 Å². The molecule has 0 radical (unpaired) electrons. The predicted molar refractivity (Wildman–Crippen MR) is 69.2 cm³/mol. The SMILES string of the molecule is C[C@@H]1CCCN(S(=O)(=O)c2ccc(Br)s2)C1. The van der Waals surface area contributed by atoms with Gasteiger partial charge in [0.25, 0.3) is 10.0 Å². The van der Waals surface area contributed by atoms with Gasteiger partial charge in [0.15, 0.2) is 0 Å². The third-order valence-electron chi connectivity index (χ3n) is 2.76. The van der Waals surface area contributed by atoms with Crippen molar-refractivity contribution < 1.29 is 8.42 Å². The highest BCUT2D eigenvalue weighted by atomic mass is 79.9. The number of halogens is 1. The largest absolute Gasteiger partial charge is 0.252 e. The molecule has 0 spiro atoms. The second-order valence-corrected chi connectivity index (χ2v) is 8.80. The second-order valence-electron chi connectivity index (χ2n) is 4.17. The molecular weight excluding hydrogens is 310 g/mol. The fraction of sp³-hybridized carbons (Fsp3) is 0.600. The highest BCUT2D eigenvalue weighted by Crippen LogP contribution is 2.30. The van der Waals surface area contributed by atoms with E-state index in [1.54, 1.807) is 16.4 Å². The number of piperidine rings is 1. The van der Waals surface area contributed by atoms with Crippen molar-refractivity contribution in [1.29, 1.82) is 0 Å². The Morgan fingerprint density at radius 2 is 2.25 bits per heavy atom. The van der Waals surface area contributed by atoms with Crippen molar-refractivity contribution in [3.05, 3.63) is 15.9 Å². The Labute approximate surface area is 109 Å². The van der Waals surface area contributed by atoms with Crippen molar-refractivity contribution in [1.82, 2.24) is 4.31 Å². The molecule has 2 rings (SSSR count). The minimum Gasteiger partial charge on any atom is -0.206 e.